The number of carbonyl (C=O) groups excluding carboxylic acids is 2. The van der Waals surface area contributed by atoms with E-state index in [0.29, 0.717) is 19.4 Å². The van der Waals surface area contributed by atoms with Crippen molar-refractivity contribution in [2.24, 2.45) is 0 Å². The zero-order valence-corrected chi connectivity index (χ0v) is 18.0. The van der Waals surface area contributed by atoms with Crippen molar-refractivity contribution in [2.45, 2.75) is 37.3 Å². The molecule has 4 heterocycles. The molecule has 10 heteroatoms. The maximum Gasteiger partial charge on any atom is 0.243 e. The molecule has 1 aromatic heterocycles. The highest BCUT2D eigenvalue weighted by Gasteiger charge is 2.39. The summed E-state index contributed by atoms with van der Waals surface area (Å²) in [5.74, 6) is 0.338. The van der Waals surface area contributed by atoms with Gasteiger partial charge in [-0.1, -0.05) is 18.2 Å². The highest BCUT2D eigenvalue weighted by atomic mass is 32.1. The highest BCUT2D eigenvalue weighted by molar-refractivity contribution is 7.80. The number of nitrogens with one attached hydrogen (secondary N) is 1. The van der Waals surface area contributed by atoms with Crippen molar-refractivity contribution in [3.8, 4) is 0 Å². The standard InChI is InChI=1S/C21H25N7O2S/c29-18-4-3-17(19(30)25-18)28-11-15-2-1-14(9-16(15)20(28)31)10-26-5-7-27(8-6-26)21-23-12-22-13-24-21/h1-2,9,12-13,17,20,31H,3-8,10-11H2,(H,25,29,30). The lowest BCUT2D eigenvalue weighted by Crippen LogP contribution is -2.51. The maximum absolute atomic E-state index is 12.3. The van der Waals surface area contributed by atoms with Gasteiger partial charge >= 0.3 is 0 Å². The lowest BCUT2D eigenvalue weighted by molar-refractivity contribution is -0.137. The van der Waals surface area contributed by atoms with Crippen LogP contribution in [0.1, 0.15) is 34.9 Å². The molecule has 0 saturated carbocycles. The number of benzene rings is 1. The van der Waals surface area contributed by atoms with E-state index in [-0.39, 0.29) is 23.2 Å². The van der Waals surface area contributed by atoms with Crippen molar-refractivity contribution in [3.05, 3.63) is 47.5 Å². The van der Waals surface area contributed by atoms with E-state index in [1.54, 1.807) is 0 Å². The number of imide groups is 1. The fourth-order valence-corrected chi connectivity index (χ4v) is 5.11. The van der Waals surface area contributed by atoms with E-state index in [1.165, 1.54) is 23.8 Å². The minimum Gasteiger partial charge on any atom is -0.338 e. The lowest BCUT2D eigenvalue weighted by atomic mass is 10.0. The molecule has 2 fully saturated rings. The van der Waals surface area contributed by atoms with Crippen molar-refractivity contribution < 1.29 is 9.59 Å². The third-order valence-electron chi connectivity index (χ3n) is 6.31. The van der Waals surface area contributed by atoms with Crippen LogP contribution in [0.3, 0.4) is 0 Å². The first-order valence-electron chi connectivity index (χ1n) is 10.6. The van der Waals surface area contributed by atoms with Crippen molar-refractivity contribution in [2.75, 3.05) is 31.1 Å². The van der Waals surface area contributed by atoms with E-state index in [0.717, 1.165) is 44.2 Å². The Labute approximate surface area is 186 Å². The summed E-state index contributed by atoms with van der Waals surface area (Å²) in [4.78, 5) is 42.9. The number of amides is 2. The molecule has 0 bridgehead atoms. The molecule has 2 saturated heterocycles. The molecule has 2 unspecified atom stereocenters. The number of rotatable bonds is 4. The van der Waals surface area contributed by atoms with Gasteiger partial charge < -0.3 is 4.90 Å². The van der Waals surface area contributed by atoms with Crippen LogP contribution in [0.15, 0.2) is 30.9 Å². The average Bonchev–Trinajstić information content (AvgIpc) is 3.11. The van der Waals surface area contributed by atoms with E-state index in [9.17, 15) is 9.59 Å². The van der Waals surface area contributed by atoms with Gasteiger partial charge in [0.05, 0.1) is 11.4 Å². The first-order chi connectivity index (χ1) is 15.1. The Morgan fingerprint density at radius 3 is 2.61 bits per heavy atom. The van der Waals surface area contributed by atoms with Crippen LogP contribution in [0.5, 0.6) is 0 Å². The van der Waals surface area contributed by atoms with E-state index in [1.807, 2.05) is 0 Å². The Morgan fingerprint density at radius 1 is 1.10 bits per heavy atom. The predicted octanol–water partition coefficient (Wildman–Crippen LogP) is 0.743. The van der Waals surface area contributed by atoms with Crippen LogP contribution in [0.2, 0.25) is 0 Å². The van der Waals surface area contributed by atoms with Crippen LogP contribution in [0, 0.1) is 0 Å². The topological polar surface area (TPSA) is 94.6 Å². The van der Waals surface area contributed by atoms with Crippen molar-refractivity contribution in [1.82, 2.24) is 30.1 Å². The monoisotopic (exact) mass is 439 g/mol. The van der Waals surface area contributed by atoms with Gasteiger partial charge in [-0.25, -0.2) is 15.0 Å². The van der Waals surface area contributed by atoms with Crippen molar-refractivity contribution in [3.63, 3.8) is 0 Å². The zero-order valence-electron chi connectivity index (χ0n) is 17.1. The summed E-state index contributed by atoms with van der Waals surface area (Å²) in [6.45, 7) is 5.20. The second-order valence-corrected chi connectivity index (χ2v) is 8.74. The second-order valence-electron chi connectivity index (χ2n) is 8.25. The molecular weight excluding hydrogens is 414 g/mol. The summed E-state index contributed by atoms with van der Waals surface area (Å²) in [6, 6.07) is 6.24. The molecule has 1 aromatic carbocycles. The number of piperazine rings is 1. The largest absolute Gasteiger partial charge is 0.338 e. The molecule has 9 nitrogen and oxygen atoms in total. The summed E-state index contributed by atoms with van der Waals surface area (Å²) in [6.07, 6.45) is 4.00. The zero-order chi connectivity index (χ0) is 21.4. The first kappa shape index (κ1) is 20.3. The van der Waals surface area contributed by atoms with Gasteiger partial charge in [0, 0.05) is 45.7 Å². The van der Waals surface area contributed by atoms with Gasteiger partial charge in [-0.3, -0.25) is 24.7 Å². The van der Waals surface area contributed by atoms with Crippen LogP contribution in [-0.2, 0) is 22.7 Å². The highest BCUT2D eigenvalue weighted by Crippen LogP contribution is 2.39. The predicted molar refractivity (Wildman–Crippen MR) is 117 cm³/mol. The third kappa shape index (κ3) is 4.15. The molecule has 1 N–H and O–H groups in total. The maximum atomic E-state index is 12.3. The van der Waals surface area contributed by atoms with Gasteiger partial charge in [0.1, 0.15) is 12.7 Å². The first-order valence-corrected chi connectivity index (χ1v) is 11.1. The number of anilines is 1. The molecule has 2 aromatic rings. The van der Waals surface area contributed by atoms with Gasteiger partial charge in [0.15, 0.2) is 0 Å². The number of piperidine rings is 1. The van der Waals surface area contributed by atoms with Crippen LogP contribution >= 0.6 is 12.6 Å². The Morgan fingerprint density at radius 2 is 1.87 bits per heavy atom. The van der Waals surface area contributed by atoms with E-state index >= 15 is 0 Å². The van der Waals surface area contributed by atoms with Gasteiger partial charge in [-0.2, -0.15) is 12.6 Å². The molecule has 0 aliphatic carbocycles. The molecular formula is C21H25N7O2S. The minimum atomic E-state index is -0.306. The lowest BCUT2D eigenvalue weighted by Gasteiger charge is -2.34. The smallest absolute Gasteiger partial charge is 0.243 e. The van der Waals surface area contributed by atoms with E-state index in [4.69, 9.17) is 12.6 Å². The molecule has 2 amide bonds. The fourth-order valence-electron chi connectivity index (χ4n) is 4.63. The van der Waals surface area contributed by atoms with Crippen molar-refractivity contribution in [1.29, 1.82) is 0 Å². The molecule has 3 aliphatic heterocycles. The van der Waals surface area contributed by atoms with Gasteiger partial charge in [-0.15, -0.1) is 0 Å². The van der Waals surface area contributed by atoms with Gasteiger partial charge in [-0.05, 0) is 23.1 Å². The summed E-state index contributed by atoms with van der Waals surface area (Å²) in [5.41, 5.74) is 3.61. The average molecular weight is 440 g/mol. The van der Waals surface area contributed by atoms with Crippen LogP contribution in [0.25, 0.3) is 0 Å². The number of carbonyl (C=O) groups is 2. The number of fused-ring (bicyclic) bond motifs is 1. The van der Waals surface area contributed by atoms with Crippen molar-refractivity contribution >= 4 is 30.4 Å². The van der Waals surface area contributed by atoms with Crippen LogP contribution in [-0.4, -0.2) is 68.8 Å². The Bertz CT molecular complexity index is 981. The summed E-state index contributed by atoms with van der Waals surface area (Å²) in [5, 5.41) is 2.32. The number of nitrogens with zero attached hydrogens (tertiary/aromatic N) is 6. The summed E-state index contributed by atoms with van der Waals surface area (Å²) < 4.78 is 0. The minimum absolute atomic E-state index is 0.139. The quantitative estimate of drug-likeness (QED) is 0.532. The molecule has 3 aliphatic rings. The van der Waals surface area contributed by atoms with Crippen LogP contribution in [0.4, 0.5) is 5.95 Å². The molecule has 0 spiro atoms. The normalized spacial score (nSPS) is 24.9. The number of hydrogen-bond acceptors (Lipinski definition) is 9. The van der Waals surface area contributed by atoms with E-state index in [2.05, 4.69) is 53.2 Å². The molecule has 162 valence electrons. The molecule has 31 heavy (non-hydrogen) atoms. The Balaban J connectivity index is 1.22. The summed E-state index contributed by atoms with van der Waals surface area (Å²) in [7, 11) is 0. The van der Waals surface area contributed by atoms with Gasteiger partial charge in [0.2, 0.25) is 17.8 Å². The number of hydrogen-bond donors (Lipinski definition) is 2. The SMILES string of the molecule is O=C1CCC(N2Cc3ccc(CN4CCN(c5ncncn5)CC4)cc3C2S)C(=O)N1. The molecule has 5 rings (SSSR count). The Kier molecular flexibility index (Phi) is 5.59. The molecule has 0 radical (unpaired) electrons. The third-order valence-corrected chi connectivity index (χ3v) is 6.88. The van der Waals surface area contributed by atoms with Gasteiger partial charge in [0.25, 0.3) is 0 Å². The fraction of sp³-hybridized carbons (Fsp3) is 0.476. The van der Waals surface area contributed by atoms with E-state index < -0.39 is 0 Å². The van der Waals surface area contributed by atoms with Crippen LogP contribution < -0.4 is 10.2 Å². The summed E-state index contributed by atoms with van der Waals surface area (Å²) >= 11 is 4.83. The number of thiol groups is 1. The Hall–Kier alpha value is -2.56. The number of aromatic nitrogens is 3. The second kappa shape index (κ2) is 8.52. The molecule has 2 atom stereocenters.